The first-order valence-corrected chi connectivity index (χ1v) is 9.54. The molecule has 1 aliphatic rings. The largest absolute Gasteiger partial charge is 0.398 e. The van der Waals surface area contributed by atoms with Crippen LogP contribution in [0.2, 0.25) is 0 Å². The molecule has 0 aromatic carbocycles. The molecule has 6 heteroatoms. The van der Waals surface area contributed by atoms with E-state index in [-0.39, 0.29) is 11.1 Å². The molecular formula is C22H38N6. The maximum atomic E-state index is 6.50. The van der Waals surface area contributed by atoms with Crippen LogP contribution in [0.1, 0.15) is 60.8 Å². The molecule has 12 N–H and O–H groups in total. The molecule has 0 atom stereocenters. The lowest BCUT2D eigenvalue weighted by Crippen LogP contribution is -2.28. The third-order valence-electron chi connectivity index (χ3n) is 5.67. The summed E-state index contributed by atoms with van der Waals surface area (Å²) in [6.45, 7) is 15.7. The highest BCUT2D eigenvalue weighted by atomic mass is 14.8. The molecule has 0 heterocycles. The molecule has 1 rings (SSSR count). The van der Waals surface area contributed by atoms with Gasteiger partial charge in [0, 0.05) is 5.70 Å². The van der Waals surface area contributed by atoms with Crippen LogP contribution in [0.3, 0.4) is 0 Å². The predicted octanol–water partition coefficient (Wildman–Crippen LogP) is 2.81. The smallest absolute Gasteiger partial charge is 0.0788 e. The minimum absolute atomic E-state index is 0.0399. The molecule has 0 bridgehead atoms. The minimum atomic E-state index is -0.0399. The van der Waals surface area contributed by atoms with Gasteiger partial charge in [-0.2, -0.15) is 0 Å². The number of allylic oxidation sites excluding steroid dienone is 5. The SMILES string of the molecule is C=C(C)/C(N)=C(C)/C(N)=C(N)/C(N)=C(C)\C(N)=C(/N)C1=C(C)CCCC1(C)C. The highest BCUT2D eigenvalue weighted by Gasteiger charge is 2.31. The normalized spacial score (nSPS) is 20.6. The number of hydrogen-bond acceptors (Lipinski definition) is 6. The van der Waals surface area contributed by atoms with Gasteiger partial charge < -0.3 is 34.4 Å². The van der Waals surface area contributed by atoms with E-state index in [0.717, 1.165) is 24.8 Å². The van der Waals surface area contributed by atoms with Crippen LogP contribution in [0.5, 0.6) is 0 Å². The maximum Gasteiger partial charge on any atom is 0.0788 e. The van der Waals surface area contributed by atoms with Crippen molar-refractivity contribution in [2.75, 3.05) is 0 Å². The van der Waals surface area contributed by atoms with Crippen LogP contribution < -0.4 is 34.4 Å². The van der Waals surface area contributed by atoms with Gasteiger partial charge in [-0.3, -0.25) is 0 Å². The van der Waals surface area contributed by atoms with Crippen molar-refractivity contribution >= 4 is 0 Å². The highest BCUT2D eigenvalue weighted by Crippen LogP contribution is 2.43. The Bertz CT molecular complexity index is 831. The van der Waals surface area contributed by atoms with Gasteiger partial charge in [0.1, 0.15) is 0 Å². The van der Waals surface area contributed by atoms with Crippen LogP contribution in [0.15, 0.2) is 68.6 Å². The molecule has 0 aromatic rings. The average molecular weight is 387 g/mol. The lowest BCUT2D eigenvalue weighted by Gasteiger charge is -2.35. The summed E-state index contributed by atoms with van der Waals surface area (Å²) in [7, 11) is 0. The van der Waals surface area contributed by atoms with E-state index in [9.17, 15) is 0 Å². The van der Waals surface area contributed by atoms with Crippen molar-refractivity contribution in [2.24, 2.45) is 39.8 Å². The third kappa shape index (κ3) is 4.55. The molecule has 0 saturated carbocycles. The minimum Gasteiger partial charge on any atom is -0.398 e. The van der Waals surface area contributed by atoms with Crippen LogP contribution >= 0.6 is 0 Å². The fourth-order valence-corrected chi connectivity index (χ4v) is 3.71. The lowest BCUT2D eigenvalue weighted by atomic mass is 9.71. The topological polar surface area (TPSA) is 156 Å². The van der Waals surface area contributed by atoms with E-state index in [1.165, 1.54) is 5.57 Å². The summed E-state index contributed by atoms with van der Waals surface area (Å²) in [6, 6.07) is 0. The van der Waals surface area contributed by atoms with Crippen molar-refractivity contribution in [2.45, 2.75) is 60.8 Å². The summed E-state index contributed by atoms with van der Waals surface area (Å²) < 4.78 is 0. The summed E-state index contributed by atoms with van der Waals surface area (Å²) in [5.41, 5.74) is 44.2. The Hall–Kier alpha value is -2.76. The van der Waals surface area contributed by atoms with Crippen LogP contribution in [-0.2, 0) is 0 Å². The van der Waals surface area contributed by atoms with Gasteiger partial charge in [-0.25, -0.2) is 0 Å². The second kappa shape index (κ2) is 8.50. The Kier molecular flexibility index (Phi) is 7.07. The zero-order valence-electron chi connectivity index (χ0n) is 18.3. The average Bonchev–Trinajstić information content (AvgIpc) is 2.62. The first kappa shape index (κ1) is 23.3. The van der Waals surface area contributed by atoms with Crippen molar-refractivity contribution in [3.8, 4) is 0 Å². The Morgan fingerprint density at radius 3 is 1.75 bits per heavy atom. The molecule has 1 aliphatic carbocycles. The zero-order chi connectivity index (χ0) is 22.0. The second-order valence-electron chi connectivity index (χ2n) is 8.41. The molecule has 0 aromatic heterocycles. The van der Waals surface area contributed by atoms with Crippen molar-refractivity contribution < 1.29 is 0 Å². The van der Waals surface area contributed by atoms with Crippen LogP contribution in [0.4, 0.5) is 0 Å². The Labute approximate surface area is 169 Å². The zero-order valence-corrected chi connectivity index (χ0v) is 18.3. The highest BCUT2D eigenvalue weighted by molar-refractivity contribution is 5.52. The van der Waals surface area contributed by atoms with Crippen molar-refractivity contribution in [3.05, 3.63) is 68.6 Å². The van der Waals surface area contributed by atoms with Crippen molar-refractivity contribution in [1.82, 2.24) is 0 Å². The van der Waals surface area contributed by atoms with Gasteiger partial charge in [0.25, 0.3) is 0 Å². The van der Waals surface area contributed by atoms with E-state index in [2.05, 4.69) is 27.4 Å². The van der Waals surface area contributed by atoms with E-state index >= 15 is 0 Å². The molecule has 0 fully saturated rings. The van der Waals surface area contributed by atoms with Gasteiger partial charge in [0.05, 0.1) is 28.5 Å². The van der Waals surface area contributed by atoms with Crippen LogP contribution in [0, 0.1) is 5.41 Å². The molecule has 0 radical (unpaired) electrons. The first-order chi connectivity index (χ1) is 12.7. The van der Waals surface area contributed by atoms with Gasteiger partial charge in [0.2, 0.25) is 0 Å². The van der Waals surface area contributed by atoms with Crippen molar-refractivity contribution in [1.29, 1.82) is 0 Å². The van der Waals surface area contributed by atoms with Gasteiger partial charge in [-0.1, -0.05) is 26.0 Å². The first-order valence-electron chi connectivity index (χ1n) is 9.54. The summed E-state index contributed by atoms with van der Waals surface area (Å²) in [6.07, 6.45) is 3.23. The monoisotopic (exact) mass is 386 g/mol. The maximum absolute atomic E-state index is 6.50. The van der Waals surface area contributed by atoms with E-state index < -0.39 is 0 Å². The van der Waals surface area contributed by atoms with E-state index in [1.807, 2.05) is 0 Å². The number of rotatable bonds is 5. The fraction of sp³-hybridized carbons (Fsp3) is 0.455. The van der Waals surface area contributed by atoms with Gasteiger partial charge >= 0.3 is 0 Å². The summed E-state index contributed by atoms with van der Waals surface area (Å²) in [4.78, 5) is 0. The molecule has 0 saturated heterocycles. The third-order valence-corrected chi connectivity index (χ3v) is 5.67. The number of hydrogen-bond donors (Lipinski definition) is 6. The summed E-state index contributed by atoms with van der Waals surface area (Å²) >= 11 is 0. The standard InChI is InChI=1S/C22H38N6/c1-11(2)16(23)13(4)18(25)21(28)19(26)14(5)17(24)20(27)15-12(3)9-8-10-22(15,6)7/h1,8-10,23-28H2,2-7H3/b16-13-,19-14+,20-17+,21-18+. The molecule has 0 unspecified atom stereocenters. The van der Waals surface area contributed by atoms with Crippen LogP contribution in [-0.4, -0.2) is 0 Å². The molecular weight excluding hydrogens is 348 g/mol. The second-order valence-corrected chi connectivity index (χ2v) is 8.41. The molecule has 0 amide bonds. The van der Waals surface area contributed by atoms with Gasteiger partial charge in [0.15, 0.2) is 0 Å². The van der Waals surface area contributed by atoms with E-state index in [0.29, 0.717) is 45.2 Å². The Morgan fingerprint density at radius 2 is 1.29 bits per heavy atom. The van der Waals surface area contributed by atoms with Crippen molar-refractivity contribution in [3.63, 3.8) is 0 Å². The molecule has 0 spiro atoms. The lowest BCUT2D eigenvalue weighted by molar-refractivity contribution is 0.371. The molecule has 156 valence electrons. The van der Waals surface area contributed by atoms with E-state index in [1.54, 1.807) is 20.8 Å². The molecule has 0 aliphatic heterocycles. The predicted molar refractivity (Wildman–Crippen MR) is 120 cm³/mol. The van der Waals surface area contributed by atoms with E-state index in [4.69, 9.17) is 34.4 Å². The quantitative estimate of drug-likeness (QED) is 0.399. The van der Waals surface area contributed by atoms with Gasteiger partial charge in [-0.15, -0.1) is 0 Å². The fourth-order valence-electron chi connectivity index (χ4n) is 3.71. The summed E-state index contributed by atoms with van der Waals surface area (Å²) in [5, 5.41) is 0. The summed E-state index contributed by atoms with van der Waals surface area (Å²) in [5.74, 6) is 0. The molecule has 28 heavy (non-hydrogen) atoms. The molecule has 6 nitrogen and oxygen atoms in total. The Morgan fingerprint density at radius 1 is 0.786 bits per heavy atom. The van der Waals surface area contributed by atoms with Crippen LogP contribution in [0.25, 0.3) is 0 Å². The number of nitrogens with two attached hydrogens (primary N) is 6. The van der Waals surface area contributed by atoms with Gasteiger partial charge in [-0.05, 0) is 74.7 Å². The Balaban J connectivity index is 3.56.